The predicted octanol–water partition coefficient (Wildman–Crippen LogP) is 1.18. The molecule has 0 bridgehead atoms. The highest BCUT2D eigenvalue weighted by atomic mass is 16.1. The van der Waals surface area contributed by atoms with Crippen LogP contribution in [0.4, 0.5) is 0 Å². The summed E-state index contributed by atoms with van der Waals surface area (Å²) in [6.45, 7) is 1.88. The summed E-state index contributed by atoms with van der Waals surface area (Å²) < 4.78 is 2.20. The number of fused-ring (bicyclic) bond motifs is 1. The van der Waals surface area contributed by atoms with Crippen LogP contribution in [-0.2, 0) is 13.6 Å². The lowest BCUT2D eigenvalue weighted by Gasteiger charge is -2.21. The van der Waals surface area contributed by atoms with Gasteiger partial charge in [0.2, 0.25) is 0 Å². The summed E-state index contributed by atoms with van der Waals surface area (Å²) in [4.78, 5) is 21.3. The van der Waals surface area contributed by atoms with Crippen molar-refractivity contribution in [1.29, 1.82) is 0 Å². The maximum absolute atomic E-state index is 12.2. The van der Waals surface area contributed by atoms with Crippen molar-refractivity contribution in [1.82, 2.24) is 14.5 Å². The van der Waals surface area contributed by atoms with Gasteiger partial charge in [-0.25, -0.2) is 4.98 Å². The Balaban J connectivity index is 1.65. The molecule has 118 valence electrons. The Bertz CT molecular complexity index is 895. The van der Waals surface area contributed by atoms with Gasteiger partial charge in [-0.15, -0.1) is 0 Å². The molecule has 1 aliphatic rings. The summed E-state index contributed by atoms with van der Waals surface area (Å²) in [5.41, 5.74) is 2.10. The second-order valence-corrected chi connectivity index (χ2v) is 6.35. The lowest BCUT2D eigenvalue weighted by molar-refractivity contribution is -0.933. The number of para-hydroxylation sites is 1. The molecule has 1 aromatic carbocycles. The molecule has 5 heteroatoms. The molecule has 1 aliphatic heterocycles. The monoisotopic (exact) mass is 309 g/mol. The minimum Gasteiger partial charge on any atom is -0.350 e. The largest absolute Gasteiger partial charge is 0.350 e. The molecule has 3 aromatic rings. The van der Waals surface area contributed by atoms with Gasteiger partial charge in [-0.1, -0.05) is 12.1 Å². The molecule has 0 saturated carbocycles. The fourth-order valence-electron chi connectivity index (χ4n) is 3.75. The Hall–Kier alpha value is -2.40. The minimum absolute atomic E-state index is 0.0420. The van der Waals surface area contributed by atoms with Crippen molar-refractivity contribution in [3.63, 3.8) is 0 Å². The summed E-state index contributed by atoms with van der Waals surface area (Å²) in [6, 6.07) is 12.3. The standard InChI is InChI=1S/C18H20N4O/c1-21-10-4-8-15(21)16-9-5-11-22(16)12-17-19-14-7-3-2-6-13(14)18(23)20-17/h2-4,6-8,10,16H,5,9,11-12H2,1H3,(H,19,20,23)/p+1/t16-/m1/s1. The van der Waals surface area contributed by atoms with Crippen LogP contribution in [0.3, 0.4) is 0 Å². The van der Waals surface area contributed by atoms with Crippen LogP contribution in [0.15, 0.2) is 47.4 Å². The van der Waals surface area contributed by atoms with Gasteiger partial charge < -0.3 is 14.5 Å². The predicted molar refractivity (Wildman–Crippen MR) is 89.3 cm³/mol. The number of nitrogens with one attached hydrogen (secondary N) is 2. The van der Waals surface area contributed by atoms with Gasteiger partial charge in [0.1, 0.15) is 12.6 Å². The van der Waals surface area contributed by atoms with E-state index in [1.165, 1.54) is 23.4 Å². The number of likely N-dealkylation sites (tertiary alicyclic amines) is 1. The summed E-state index contributed by atoms with van der Waals surface area (Å²) in [7, 11) is 2.10. The number of nitrogens with zero attached hydrogens (tertiary/aromatic N) is 2. The van der Waals surface area contributed by atoms with Gasteiger partial charge in [-0.05, 0) is 24.3 Å². The van der Waals surface area contributed by atoms with Gasteiger partial charge in [0, 0.05) is 26.1 Å². The van der Waals surface area contributed by atoms with Crippen molar-refractivity contribution >= 4 is 10.9 Å². The highest BCUT2D eigenvalue weighted by Crippen LogP contribution is 2.19. The Kier molecular flexibility index (Phi) is 3.50. The van der Waals surface area contributed by atoms with Crippen LogP contribution in [0.1, 0.15) is 30.4 Å². The molecular weight excluding hydrogens is 288 g/mol. The molecule has 2 aromatic heterocycles. The SMILES string of the molecule is Cn1cccc1[C@H]1CCC[NH+]1Cc1nc2ccccc2c(=O)[nH]1. The molecule has 0 radical (unpaired) electrons. The molecule has 1 saturated heterocycles. The fourth-order valence-corrected chi connectivity index (χ4v) is 3.75. The van der Waals surface area contributed by atoms with Gasteiger partial charge in [-0.3, -0.25) is 4.79 Å². The van der Waals surface area contributed by atoms with Crippen LogP contribution in [0, 0.1) is 0 Å². The minimum atomic E-state index is -0.0420. The zero-order valence-corrected chi connectivity index (χ0v) is 13.2. The number of rotatable bonds is 3. The van der Waals surface area contributed by atoms with E-state index in [4.69, 9.17) is 0 Å². The summed E-state index contributed by atoms with van der Waals surface area (Å²) in [5, 5.41) is 0.659. The van der Waals surface area contributed by atoms with E-state index in [1.54, 1.807) is 0 Å². The highest BCUT2D eigenvalue weighted by Gasteiger charge is 2.32. The number of aromatic nitrogens is 3. The zero-order valence-electron chi connectivity index (χ0n) is 13.2. The van der Waals surface area contributed by atoms with Crippen LogP contribution in [0.5, 0.6) is 0 Å². The molecule has 2 atom stereocenters. The van der Waals surface area contributed by atoms with E-state index in [-0.39, 0.29) is 5.56 Å². The van der Waals surface area contributed by atoms with Crippen LogP contribution >= 0.6 is 0 Å². The molecule has 4 rings (SSSR count). The number of aryl methyl sites for hydroxylation is 1. The number of benzene rings is 1. The quantitative estimate of drug-likeness (QED) is 0.763. The first-order valence-electron chi connectivity index (χ1n) is 8.16. The van der Waals surface area contributed by atoms with Crippen molar-refractivity contribution in [2.45, 2.75) is 25.4 Å². The molecule has 0 aliphatic carbocycles. The van der Waals surface area contributed by atoms with E-state index in [0.717, 1.165) is 24.4 Å². The van der Waals surface area contributed by atoms with Crippen LogP contribution < -0.4 is 10.5 Å². The molecule has 23 heavy (non-hydrogen) atoms. The van der Waals surface area contributed by atoms with E-state index in [1.807, 2.05) is 24.3 Å². The van der Waals surface area contributed by atoms with Crippen LogP contribution in [0.2, 0.25) is 0 Å². The van der Waals surface area contributed by atoms with Gasteiger partial charge >= 0.3 is 0 Å². The molecule has 0 spiro atoms. The molecule has 3 heterocycles. The molecule has 2 N–H and O–H groups in total. The van der Waals surface area contributed by atoms with Gasteiger partial charge in [0.05, 0.1) is 23.1 Å². The number of hydrogen-bond donors (Lipinski definition) is 2. The number of hydrogen-bond acceptors (Lipinski definition) is 2. The molecule has 1 fully saturated rings. The van der Waals surface area contributed by atoms with E-state index in [0.29, 0.717) is 11.4 Å². The van der Waals surface area contributed by atoms with Crippen molar-refractivity contribution < 1.29 is 4.90 Å². The Morgan fingerprint density at radius 3 is 3.00 bits per heavy atom. The van der Waals surface area contributed by atoms with E-state index in [9.17, 15) is 4.79 Å². The van der Waals surface area contributed by atoms with Crippen molar-refractivity contribution in [2.75, 3.05) is 6.54 Å². The van der Waals surface area contributed by atoms with Crippen molar-refractivity contribution in [3.8, 4) is 0 Å². The Morgan fingerprint density at radius 1 is 1.30 bits per heavy atom. The Labute approximate surface area is 134 Å². The zero-order chi connectivity index (χ0) is 15.8. The maximum atomic E-state index is 12.2. The molecule has 0 amide bonds. The summed E-state index contributed by atoms with van der Waals surface area (Å²) in [6.07, 6.45) is 4.50. The topological polar surface area (TPSA) is 55.1 Å². The van der Waals surface area contributed by atoms with E-state index in [2.05, 4.69) is 39.9 Å². The lowest BCUT2D eigenvalue weighted by atomic mass is 10.1. The summed E-state index contributed by atoms with van der Waals surface area (Å²) in [5.74, 6) is 0.782. The van der Waals surface area contributed by atoms with Crippen LogP contribution in [-0.4, -0.2) is 21.1 Å². The first-order chi connectivity index (χ1) is 11.2. The average molecular weight is 309 g/mol. The van der Waals surface area contributed by atoms with E-state index < -0.39 is 0 Å². The normalized spacial score (nSPS) is 21.1. The number of quaternary nitrogens is 1. The number of H-pyrrole nitrogens is 1. The van der Waals surface area contributed by atoms with Crippen molar-refractivity contribution in [3.05, 3.63) is 64.5 Å². The number of aromatic amines is 1. The lowest BCUT2D eigenvalue weighted by Crippen LogP contribution is -3.09. The van der Waals surface area contributed by atoms with E-state index >= 15 is 0 Å². The average Bonchev–Trinajstić information content (AvgIpc) is 3.16. The molecule has 1 unspecified atom stereocenters. The molecule has 5 nitrogen and oxygen atoms in total. The first-order valence-corrected chi connectivity index (χ1v) is 8.16. The van der Waals surface area contributed by atoms with Gasteiger partial charge in [0.15, 0.2) is 5.82 Å². The smallest absolute Gasteiger partial charge is 0.258 e. The fraction of sp³-hybridized carbons (Fsp3) is 0.333. The second-order valence-electron chi connectivity index (χ2n) is 6.35. The highest BCUT2D eigenvalue weighted by molar-refractivity contribution is 5.77. The van der Waals surface area contributed by atoms with Crippen molar-refractivity contribution in [2.24, 2.45) is 7.05 Å². The third-order valence-electron chi connectivity index (χ3n) is 4.88. The maximum Gasteiger partial charge on any atom is 0.258 e. The summed E-state index contributed by atoms with van der Waals surface area (Å²) >= 11 is 0. The third-order valence-corrected chi connectivity index (χ3v) is 4.88. The Morgan fingerprint density at radius 2 is 2.17 bits per heavy atom. The van der Waals surface area contributed by atoms with Crippen LogP contribution in [0.25, 0.3) is 10.9 Å². The third kappa shape index (κ3) is 2.57. The van der Waals surface area contributed by atoms with Gasteiger partial charge in [0.25, 0.3) is 5.56 Å². The first kappa shape index (κ1) is 14.2. The molecular formula is C18H21N4O+. The van der Waals surface area contributed by atoms with Gasteiger partial charge in [-0.2, -0.15) is 0 Å². The second kappa shape index (κ2) is 5.66.